The zero-order valence-corrected chi connectivity index (χ0v) is 12.8. The molecule has 1 unspecified atom stereocenters. The summed E-state index contributed by atoms with van der Waals surface area (Å²) < 4.78 is 0. The van der Waals surface area contributed by atoms with E-state index in [0.29, 0.717) is 0 Å². The highest BCUT2D eigenvalue weighted by Gasteiger charge is 2.10. The summed E-state index contributed by atoms with van der Waals surface area (Å²) in [6.07, 6.45) is 0.842. The van der Waals surface area contributed by atoms with Gasteiger partial charge in [-0.05, 0) is 44.0 Å². The number of halogens is 1. The number of nitrogens with two attached hydrogens (primary N) is 1. The van der Waals surface area contributed by atoms with Crippen molar-refractivity contribution in [2.45, 2.75) is 36.1 Å². The lowest BCUT2D eigenvalue weighted by Gasteiger charge is -2.13. The van der Waals surface area contributed by atoms with Crippen LogP contribution in [0.2, 0.25) is 5.02 Å². The molecule has 19 heavy (non-hydrogen) atoms. The van der Waals surface area contributed by atoms with E-state index in [0.717, 1.165) is 16.3 Å². The quantitative estimate of drug-likeness (QED) is 0.884. The van der Waals surface area contributed by atoms with Crippen molar-refractivity contribution in [1.82, 2.24) is 0 Å². The zero-order valence-electron chi connectivity index (χ0n) is 11.2. The maximum Gasteiger partial charge on any atom is 0.0548 e. The summed E-state index contributed by atoms with van der Waals surface area (Å²) in [6.45, 7) is 4.10. The van der Waals surface area contributed by atoms with Gasteiger partial charge in [0.1, 0.15) is 0 Å². The van der Waals surface area contributed by atoms with Crippen LogP contribution in [0.25, 0.3) is 0 Å². The number of rotatable bonds is 4. The summed E-state index contributed by atoms with van der Waals surface area (Å²) in [7, 11) is 0. The van der Waals surface area contributed by atoms with Crippen molar-refractivity contribution in [3.05, 3.63) is 58.6 Å². The third kappa shape index (κ3) is 4.00. The first-order chi connectivity index (χ1) is 9.06. The summed E-state index contributed by atoms with van der Waals surface area (Å²) in [4.78, 5) is 2.31. The molecule has 0 amide bonds. The van der Waals surface area contributed by atoms with E-state index in [4.69, 9.17) is 17.3 Å². The molecule has 0 radical (unpaired) electrons. The van der Waals surface area contributed by atoms with Crippen LogP contribution < -0.4 is 5.73 Å². The molecule has 0 aliphatic heterocycles. The van der Waals surface area contributed by atoms with Gasteiger partial charge in [0.05, 0.1) is 5.02 Å². The smallest absolute Gasteiger partial charge is 0.0548 e. The topological polar surface area (TPSA) is 26.0 Å². The van der Waals surface area contributed by atoms with Gasteiger partial charge in [-0.1, -0.05) is 53.2 Å². The lowest BCUT2D eigenvalue weighted by molar-refractivity contribution is 0.729. The van der Waals surface area contributed by atoms with Crippen molar-refractivity contribution in [3.8, 4) is 0 Å². The van der Waals surface area contributed by atoms with Crippen LogP contribution in [0.1, 0.15) is 18.1 Å². The van der Waals surface area contributed by atoms with Gasteiger partial charge < -0.3 is 5.73 Å². The molecule has 0 heterocycles. The second-order valence-electron chi connectivity index (χ2n) is 4.82. The summed E-state index contributed by atoms with van der Waals surface area (Å²) in [5.41, 5.74) is 8.38. The van der Waals surface area contributed by atoms with Gasteiger partial charge in [0.25, 0.3) is 0 Å². The summed E-state index contributed by atoms with van der Waals surface area (Å²) >= 11 is 8.04. The normalized spacial score (nSPS) is 12.4. The molecule has 1 atom stereocenters. The summed E-state index contributed by atoms with van der Waals surface area (Å²) in [6, 6.07) is 14.6. The van der Waals surface area contributed by atoms with Crippen LogP contribution in [-0.2, 0) is 6.42 Å². The van der Waals surface area contributed by atoms with Gasteiger partial charge in [0.15, 0.2) is 0 Å². The Balaban J connectivity index is 2.30. The van der Waals surface area contributed by atoms with Gasteiger partial charge in [0.2, 0.25) is 0 Å². The van der Waals surface area contributed by atoms with Crippen molar-refractivity contribution in [1.29, 1.82) is 0 Å². The lowest BCUT2D eigenvalue weighted by Crippen LogP contribution is -2.18. The van der Waals surface area contributed by atoms with Gasteiger partial charge in [0, 0.05) is 15.8 Å². The summed E-state index contributed by atoms with van der Waals surface area (Å²) in [5, 5.41) is 0.795. The molecular weight excluding hydrogens is 274 g/mol. The molecular formula is C16H18ClNS. The number of aryl methyl sites for hydroxylation is 1. The van der Waals surface area contributed by atoms with E-state index in [2.05, 4.69) is 37.3 Å². The molecule has 0 aliphatic rings. The third-order valence-corrected chi connectivity index (χ3v) is 4.45. The van der Waals surface area contributed by atoms with Crippen LogP contribution in [0, 0.1) is 6.92 Å². The lowest BCUT2D eigenvalue weighted by atomic mass is 10.1. The van der Waals surface area contributed by atoms with Crippen LogP contribution >= 0.6 is 23.4 Å². The first-order valence-corrected chi connectivity index (χ1v) is 7.53. The second kappa shape index (κ2) is 6.47. The fourth-order valence-corrected chi connectivity index (χ4v) is 3.17. The molecule has 0 saturated heterocycles. The van der Waals surface area contributed by atoms with E-state index >= 15 is 0 Å². The fraction of sp³-hybridized carbons (Fsp3) is 0.250. The van der Waals surface area contributed by atoms with Crippen molar-refractivity contribution >= 4 is 23.4 Å². The highest BCUT2D eigenvalue weighted by molar-refractivity contribution is 7.99. The van der Waals surface area contributed by atoms with Crippen LogP contribution in [0.4, 0.5) is 0 Å². The fourth-order valence-electron chi connectivity index (χ4n) is 1.90. The minimum absolute atomic E-state index is 0.135. The third-order valence-electron chi connectivity index (χ3n) is 2.83. The Morgan fingerprint density at radius 2 is 1.84 bits per heavy atom. The molecule has 0 spiro atoms. The predicted molar refractivity (Wildman–Crippen MR) is 84.1 cm³/mol. The molecule has 100 valence electrons. The van der Waals surface area contributed by atoms with Crippen LogP contribution in [0.3, 0.4) is 0 Å². The summed E-state index contributed by atoms with van der Waals surface area (Å²) in [5.74, 6) is 0. The van der Waals surface area contributed by atoms with Crippen LogP contribution in [0.15, 0.2) is 52.3 Å². The Labute approximate surface area is 124 Å². The minimum Gasteiger partial charge on any atom is -0.328 e. The minimum atomic E-state index is 0.135. The molecule has 2 aromatic carbocycles. The van der Waals surface area contributed by atoms with Gasteiger partial charge >= 0.3 is 0 Å². The Hall–Kier alpha value is -0.960. The Kier molecular flexibility index (Phi) is 4.92. The molecule has 0 bridgehead atoms. The van der Waals surface area contributed by atoms with Crippen molar-refractivity contribution in [3.63, 3.8) is 0 Å². The first-order valence-electron chi connectivity index (χ1n) is 6.34. The standard InChI is InChI=1S/C16H18ClNS/c1-11-6-8-14(9-7-11)19-16-13(10-12(2)18)4-3-5-15(16)17/h3-9,12H,10,18H2,1-2H3. The van der Waals surface area contributed by atoms with Gasteiger partial charge in [-0.25, -0.2) is 0 Å². The molecule has 3 heteroatoms. The van der Waals surface area contributed by atoms with Crippen molar-refractivity contribution in [2.75, 3.05) is 0 Å². The van der Waals surface area contributed by atoms with Gasteiger partial charge in [-0.2, -0.15) is 0 Å². The van der Waals surface area contributed by atoms with Crippen LogP contribution in [0.5, 0.6) is 0 Å². The van der Waals surface area contributed by atoms with Gasteiger partial charge in [-0.3, -0.25) is 0 Å². The maximum absolute atomic E-state index is 6.33. The van der Waals surface area contributed by atoms with E-state index in [1.54, 1.807) is 11.8 Å². The molecule has 1 nitrogen and oxygen atoms in total. The predicted octanol–water partition coefficient (Wildman–Crippen LogP) is 4.69. The molecule has 2 rings (SSSR count). The van der Waals surface area contributed by atoms with E-state index in [-0.39, 0.29) is 6.04 Å². The van der Waals surface area contributed by atoms with Gasteiger partial charge in [-0.15, -0.1) is 0 Å². The second-order valence-corrected chi connectivity index (χ2v) is 6.32. The molecule has 0 saturated carbocycles. The van der Waals surface area contributed by atoms with E-state index in [1.807, 2.05) is 19.1 Å². The molecule has 0 aromatic heterocycles. The molecule has 0 fully saturated rings. The SMILES string of the molecule is Cc1ccc(Sc2c(Cl)cccc2CC(C)N)cc1. The molecule has 2 N–H and O–H groups in total. The van der Waals surface area contributed by atoms with Crippen LogP contribution in [-0.4, -0.2) is 6.04 Å². The first kappa shape index (κ1) is 14.4. The highest BCUT2D eigenvalue weighted by Crippen LogP contribution is 2.36. The average Bonchev–Trinajstić information content (AvgIpc) is 2.35. The van der Waals surface area contributed by atoms with Crippen molar-refractivity contribution in [2.24, 2.45) is 5.73 Å². The number of hydrogen-bond donors (Lipinski definition) is 1. The maximum atomic E-state index is 6.33. The monoisotopic (exact) mass is 291 g/mol. The Bertz CT molecular complexity index is 549. The average molecular weight is 292 g/mol. The Morgan fingerprint density at radius 1 is 1.16 bits per heavy atom. The zero-order chi connectivity index (χ0) is 13.8. The highest BCUT2D eigenvalue weighted by atomic mass is 35.5. The molecule has 2 aromatic rings. The Morgan fingerprint density at radius 3 is 2.47 bits per heavy atom. The van der Waals surface area contributed by atoms with E-state index in [9.17, 15) is 0 Å². The van der Waals surface area contributed by atoms with Crippen molar-refractivity contribution < 1.29 is 0 Å². The number of hydrogen-bond acceptors (Lipinski definition) is 2. The van der Waals surface area contributed by atoms with E-state index < -0.39 is 0 Å². The number of benzene rings is 2. The molecule has 0 aliphatic carbocycles. The largest absolute Gasteiger partial charge is 0.328 e. The van der Waals surface area contributed by atoms with E-state index in [1.165, 1.54) is 16.0 Å².